The zero-order chi connectivity index (χ0) is 19.1. The first-order chi connectivity index (χ1) is 13.2. The van der Waals surface area contributed by atoms with Gasteiger partial charge >= 0.3 is 0 Å². The smallest absolute Gasteiger partial charge is 0.247 e. The first-order valence-corrected chi connectivity index (χ1v) is 9.90. The summed E-state index contributed by atoms with van der Waals surface area (Å²) in [5, 5.41) is 11.8. The molecule has 7 heteroatoms. The van der Waals surface area contributed by atoms with Crippen molar-refractivity contribution in [2.75, 3.05) is 16.8 Å². The Hall–Kier alpha value is -2.80. The Kier molecular flexibility index (Phi) is 6.49. The molecule has 27 heavy (non-hydrogen) atoms. The van der Waals surface area contributed by atoms with Gasteiger partial charge in [0.2, 0.25) is 11.9 Å². The second kappa shape index (κ2) is 9.23. The number of aromatic nitrogens is 3. The summed E-state index contributed by atoms with van der Waals surface area (Å²) >= 11 is 1.56. The Bertz CT molecular complexity index is 867. The minimum Gasteiger partial charge on any atom is -0.368 e. The van der Waals surface area contributed by atoms with Crippen LogP contribution in [0.2, 0.25) is 0 Å². The van der Waals surface area contributed by atoms with Crippen molar-refractivity contribution in [2.45, 2.75) is 31.0 Å². The summed E-state index contributed by atoms with van der Waals surface area (Å²) in [4.78, 5) is 12.8. The number of nitrogens with two attached hydrogens (primary N) is 1. The van der Waals surface area contributed by atoms with Crippen molar-refractivity contribution in [3.63, 3.8) is 0 Å². The number of thioether (sulfide) groups is 1. The van der Waals surface area contributed by atoms with Crippen molar-refractivity contribution in [1.82, 2.24) is 14.8 Å². The summed E-state index contributed by atoms with van der Waals surface area (Å²) in [6, 6.07) is 19.2. The molecule has 1 aromatic heterocycles. The van der Waals surface area contributed by atoms with Gasteiger partial charge in [-0.2, -0.15) is 0 Å². The summed E-state index contributed by atoms with van der Waals surface area (Å²) in [6.07, 6.45) is 1.50. The van der Waals surface area contributed by atoms with Crippen LogP contribution in [-0.2, 0) is 11.2 Å². The molecule has 2 aromatic carbocycles. The van der Waals surface area contributed by atoms with Crippen LogP contribution in [-0.4, -0.2) is 26.4 Å². The van der Waals surface area contributed by atoms with Gasteiger partial charge in [0, 0.05) is 11.4 Å². The molecule has 1 atom stereocenters. The molecule has 0 saturated carbocycles. The number of benzene rings is 2. The van der Waals surface area contributed by atoms with Gasteiger partial charge in [-0.25, -0.2) is 0 Å². The van der Waals surface area contributed by atoms with Crippen LogP contribution in [0.3, 0.4) is 0 Å². The lowest BCUT2D eigenvalue weighted by Gasteiger charge is -2.19. The fourth-order valence-corrected chi connectivity index (χ4v) is 3.80. The van der Waals surface area contributed by atoms with Crippen LogP contribution in [0.4, 0.5) is 11.6 Å². The molecule has 1 amide bonds. The van der Waals surface area contributed by atoms with Crippen molar-refractivity contribution >= 4 is 29.3 Å². The van der Waals surface area contributed by atoms with E-state index >= 15 is 0 Å². The van der Waals surface area contributed by atoms with Crippen LogP contribution in [0.25, 0.3) is 0 Å². The Labute approximate surface area is 163 Å². The molecular weight excluding hydrogens is 358 g/mol. The number of anilines is 2. The van der Waals surface area contributed by atoms with E-state index in [1.807, 2.05) is 55.5 Å². The van der Waals surface area contributed by atoms with E-state index in [-0.39, 0.29) is 11.9 Å². The first-order valence-electron chi connectivity index (χ1n) is 8.92. The predicted octanol–water partition coefficient (Wildman–Crippen LogP) is 3.78. The number of carbonyl (C=O) groups is 1. The maximum Gasteiger partial charge on any atom is 0.247 e. The van der Waals surface area contributed by atoms with Crippen LogP contribution in [0.5, 0.6) is 0 Å². The van der Waals surface area contributed by atoms with Crippen molar-refractivity contribution < 1.29 is 4.79 Å². The lowest BCUT2D eigenvalue weighted by molar-refractivity contribution is -0.119. The van der Waals surface area contributed by atoms with Gasteiger partial charge in [0.1, 0.15) is 6.04 Å². The standard InChI is InChI=1S/C20H23N5OS/c1-2-17(18(26)22-16-11-7-4-8-12-16)25-19(21)23-24-20(25)27-14-13-15-9-5-3-6-10-15/h3-12,17H,2,13-14H2,1H3,(H2,21,23)(H,22,26). The number of amides is 1. The molecule has 3 aromatic rings. The third-order valence-electron chi connectivity index (χ3n) is 4.20. The average molecular weight is 382 g/mol. The number of nitrogen functional groups attached to an aromatic ring is 1. The topological polar surface area (TPSA) is 85.8 Å². The maximum atomic E-state index is 12.8. The number of hydrogen-bond acceptors (Lipinski definition) is 5. The third kappa shape index (κ3) is 4.89. The van der Waals surface area contributed by atoms with Crippen LogP contribution in [0.15, 0.2) is 65.8 Å². The van der Waals surface area contributed by atoms with Crippen molar-refractivity contribution in [3.8, 4) is 0 Å². The van der Waals surface area contributed by atoms with Crippen LogP contribution >= 0.6 is 11.8 Å². The van der Waals surface area contributed by atoms with E-state index in [0.717, 1.165) is 17.9 Å². The van der Waals surface area contributed by atoms with Gasteiger partial charge in [0.25, 0.3) is 0 Å². The highest BCUT2D eigenvalue weighted by Gasteiger charge is 2.24. The number of rotatable bonds is 8. The monoisotopic (exact) mass is 381 g/mol. The number of hydrogen-bond donors (Lipinski definition) is 2. The van der Waals surface area contributed by atoms with E-state index in [4.69, 9.17) is 5.73 Å². The highest BCUT2D eigenvalue weighted by molar-refractivity contribution is 7.99. The lowest BCUT2D eigenvalue weighted by Crippen LogP contribution is -2.27. The molecule has 0 fully saturated rings. The van der Waals surface area contributed by atoms with Crippen LogP contribution < -0.4 is 11.1 Å². The number of aryl methyl sites for hydroxylation is 1. The Morgan fingerprint density at radius 1 is 1.11 bits per heavy atom. The Morgan fingerprint density at radius 2 is 1.78 bits per heavy atom. The van der Waals surface area contributed by atoms with E-state index in [0.29, 0.717) is 11.6 Å². The van der Waals surface area contributed by atoms with Gasteiger partial charge < -0.3 is 11.1 Å². The minimum atomic E-state index is -0.459. The first kappa shape index (κ1) is 19.0. The molecule has 0 radical (unpaired) electrons. The van der Waals surface area contributed by atoms with Gasteiger partial charge in [-0.15, -0.1) is 10.2 Å². The summed E-state index contributed by atoms with van der Waals surface area (Å²) < 4.78 is 1.73. The normalized spacial score (nSPS) is 11.9. The zero-order valence-corrected chi connectivity index (χ0v) is 16.0. The van der Waals surface area contributed by atoms with E-state index in [2.05, 4.69) is 27.6 Å². The molecule has 0 bridgehead atoms. The van der Waals surface area contributed by atoms with E-state index in [9.17, 15) is 4.79 Å². The zero-order valence-electron chi connectivity index (χ0n) is 15.2. The van der Waals surface area contributed by atoms with E-state index < -0.39 is 6.04 Å². The molecule has 0 saturated heterocycles. The largest absolute Gasteiger partial charge is 0.368 e. The SMILES string of the molecule is CCC(C(=O)Nc1ccccc1)n1c(N)nnc1SCCc1ccccc1. The average Bonchev–Trinajstić information content (AvgIpc) is 3.05. The van der Waals surface area contributed by atoms with E-state index in [1.165, 1.54) is 5.56 Å². The Morgan fingerprint density at radius 3 is 2.44 bits per heavy atom. The number of nitrogens with zero attached hydrogens (tertiary/aromatic N) is 3. The van der Waals surface area contributed by atoms with Gasteiger partial charge in [-0.1, -0.05) is 67.2 Å². The Balaban J connectivity index is 1.70. The maximum absolute atomic E-state index is 12.8. The second-order valence-corrected chi connectivity index (χ2v) is 7.14. The second-order valence-electron chi connectivity index (χ2n) is 6.07. The van der Waals surface area contributed by atoms with Gasteiger partial charge in [-0.3, -0.25) is 9.36 Å². The number of para-hydroxylation sites is 1. The molecule has 0 aliphatic rings. The van der Waals surface area contributed by atoms with Crippen LogP contribution in [0.1, 0.15) is 24.9 Å². The fourth-order valence-electron chi connectivity index (χ4n) is 2.82. The third-order valence-corrected chi connectivity index (χ3v) is 5.14. The van der Waals surface area contributed by atoms with Gasteiger partial charge in [0.05, 0.1) is 0 Å². The lowest BCUT2D eigenvalue weighted by atomic mass is 10.2. The van der Waals surface area contributed by atoms with E-state index in [1.54, 1.807) is 16.3 Å². The predicted molar refractivity (Wildman–Crippen MR) is 110 cm³/mol. The summed E-state index contributed by atoms with van der Waals surface area (Å²) in [7, 11) is 0. The fraction of sp³-hybridized carbons (Fsp3) is 0.250. The number of carbonyl (C=O) groups excluding carboxylic acids is 1. The molecule has 0 aliphatic heterocycles. The molecule has 140 valence electrons. The molecule has 0 spiro atoms. The number of nitrogens with one attached hydrogen (secondary N) is 1. The molecule has 3 rings (SSSR count). The molecule has 0 aliphatic carbocycles. The van der Waals surface area contributed by atoms with Gasteiger partial charge in [0.15, 0.2) is 5.16 Å². The van der Waals surface area contributed by atoms with Crippen LogP contribution in [0, 0.1) is 0 Å². The summed E-state index contributed by atoms with van der Waals surface area (Å²) in [5.41, 5.74) is 8.05. The summed E-state index contributed by atoms with van der Waals surface area (Å²) in [5.74, 6) is 0.964. The molecule has 1 unspecified atom stereocenters. The van der Waals surface area contributed by atoms with Crippen molar-refractivity contribution in [2.24, 2.45) is 0 Å². The molecule has 3 N–H and O–H groups in total. The van der Waals surface area contributed by atoms with Crippen molar-refractivity contribution in [3.05, 3.63) is 66.2 Å². The molecule has 1 heterocycles. The highest BCUT2D eigenvalue weighted by atomic mass is 32.2. The van der Waals surface area contributed by atoms with Crippen molar-refractivity contribution in [1.29, 1.82) is 0 Å². The highest BCUT2D eigenvalue weighted by Crippen LogP contribution is 2.26. The minimum absolute atomic E-state index is 0.125. The molecular formula is C20H23N5OS. The van der Waals surface area contributed by atoms with Gasteiger partial charge in [-0.05, 0) is 30.5 Å². The molecule has 6 nitrogen and oxygen atoms in total. The summed E-state index contributed by atoms with van der Waals surface area (Å²) in [6.45, 7) is 1.95. The quantitative estimate of drug-likeness (QED) is 0.580.